The summed E-state index contributed by atoms with van der Waals surface area (Å²) >= 11 is 0. The van der Waals surface area contributed by atoms with Crippen LogP contribution >= 0.6 is 0 Å². The first-order valence-electron chi connectivity index (χ1n) is 5.82. The lowest BCUT2D eigenvalue weighted by Gasteiger charge is -2.27. The third-order valence-electron chi connectivity index (χ3n) is 3.32. The molecular formula is C13H17N3. The van der Waals surface area contributed by atoms with Gasteiger partial charge in [0.2, 0.25) is 0 Å². The van der Waals surface area contributed by atoms with E-state index in [1.807, 2.05) is 12.1 Å². The van der Waals surface area contributed by atoms with Gasteiger partial charge in [0.05, 0.1) is 23.0 Å². The highest BCUT2D eigenvalue weighted by Gasteiger charge is 2.24. The fourth-order valence-corrected chi connectivity index (χ4v) is 2.44. The van der Waals surface area contributed by atoms with Crippen LogP contribution in [0.1, 0.15) is 31.7 Å². The summed E-state index contributed by atoms with van der Waals surface area (Å²) < 4.78 is 0. The summed E-state index contributed by atoms with van der Waals surface area (Å²) in [6.45, 7) is 3.25. The van der Waals surface area contributed by atoms with E-state index in [0.717, 1.165) is 24.3 Å². The fourth-order valence-electron chi connectivity index (χ4n) is 2.44. The van der Waals surface area contributed by atoms with Crippen LogP contribution in [0.4, 0.5) is 11.4 Å². The maximum Gasteiger partial charge on any atom is 0.0992 e. The van der Waals surface area contributed by atoms with Crippen molar-refractivity contribution in [2.45, 2.75) is 32.2 Å². The Kier molecular flexibility index (Phi) is 3.00. The molecule has 0 saturated carbocycles. The molecule has 1 unspecified atom stereocenters. The Hall–Kier alpha value is -1.69. The fraction of sp³-hybridized carbons (Fsp3) is 0.462. The molecule has 1 aliphatic heterocycles. The van der Waals surface area contributed by atoms with E-state index in [0.29, 0.717) is 11.6 Å². The minimum Gasteiger partial charge on any atom is -0.397 e. The van der Waals surface area contributed by atoms with Gasteiger partial charge >= 0.3 is 0 Å². The number of nitriles is 1. The lowest BCUT2D eigenvalue weighted by molar-refractivity contribution is 0.646. The highest BCUT2D eigenvalue weighted by molar-refractivity contribution is 5.70. The predicted molar refractivity (Wildman–Crippen MR) is 66.2 cm³/mol. The van der Waals surface area contributed by atoms with Crippen molar-refractivity contribution in [1.29, 1.82) is 5.26 Å². The van der Waals surface area contributed by atoms with Gasteiger partial charge in [0.1, 0.15) is 0 Å². The minimum atomic E-state index is 0.580. The zero-order valence-electron chi connectivity index (χ0n) is 9.61. The smallest absolute Gasteiger partial charge is 0.0992 e. The van der Waals surface area contributed by atoms with Crippen LogP contribution in [0.3, 0.4) is 0 Å². The molecule has 0 bridgehead atoms. The molecule has 1 aromatic rings. The van der Waals surface area contributed by atoms with Gasteiger partial charge in [0.15, 0.2) is 0 Å². The average molecular weight is 215 g/mol. The summed E-state index contributed by atoms with van der Waals surface area (Å²) in [4.78, 5) is 2.34. The van der Waals surface area contributed by atoms with Crippen LogP contribution in [0.5, 0.6) is 0 Å². The van der Waals surface area contributed by atoms with E-state index in [2.05, 4.69) is 17.9 Å². The summed E-state index contributed by atoms with van der Waals surface area (Å²) in [6, 6.07) is 8.26. The molecule has 1 saturated heterocycles. The molecule has 1 aromatic carbocycles. The summed E-state index contributed by atoms with van der Waals surface area (Å²) in [5, 5.41) is 8.91. The molecule has 0 spiro atoms. The quantitative estimate of drug-likeness (QED) is 0.771. The maximum atomic E-state index is 8.91. The second-order valence-corrected chi connectivity index (χ2v) is 4.28. The molecule has 16 heavy (non-hydrogen) atoms. The average Bonchev–Trinajstić information content (AvgIpc) is 2.77. The van der Waals surface area contributed by atoms with Gasteiger partial charge in [-0.3, -0.25) is 0 Å². The molecule has 2 N–H and O–H groups in total. The van der Waals surface area contributed by atoms with Gasteiger partial charge in [0, 0.05) is 12.6 Å². The second-order valence-electron chi connectivity index (χ2n) is 4.28. The van der Waals surface area contributed by atoms with Gasteiger partial charge in [-0.25, -0.2) is 0 Å². The topological polar surface area (TPSA) is 53.0 Å². The van der Waals surface area contributed by atoms with Crippen molar-refractivity contribution < 1.29 is 0 Å². The van der Waals surface area contributed by atoms with E-state index in [4.69, 9.17) is 11.0 Å². The molecule has 3 heteroatoms. The lowest BCUT2D eigenvalue weighted by atomic mass is 10.1. The molecule has 1 fully saturated rings. The zero-order chi connectivity index (χ0) is 11.5. The Morgan fingerprint density at radius 3 is 3.06 bits per heavy atom. The van der Waals surface area contributed by atoms with E-state index in [1.165, 1.54) is 12.8 Å². The van der Waals surface area contributed by atoms with Crippen molar-refractivity contribution in [3.8, 4) is 6.07 Å². The number of hydrogen-bond donors (Lipinski definition) is 1. The minimum absolute atomic E-state index is 0.580. The van der Waals surface area contributed by atoms with Crippen LogP contribution < -0.4 is 10.6 Å². The molecule has 0 aliphatic carbocycles. The van der Waals surface area contributed by atoms with E-state index < -0.39 is 0 Å². The van der Waals surface area contributed by atoms with Gasteiger partial charge in [0.25, 0.3) is 0 Å². The number of benzene rings is 1. The van der Waals surface area contributed by atoms with Crippen LogP contribution in [0.15, 0.2) is 18.2 Å². The van der Waals surface area contributed by atoms with E-state index in [9.17, 15) is 0 Å². The number of nitrogen functional groups attached to an aromatic ring is 1. The maximum absolute atomic E-state index is 8.91. The number of nitrogens with two attached hydrogens (primary N) is 1. The molecule has 3 nitrogen and oxygen atoms in total. The normalized spacial score (nSPS) is 19.8. The Balaban J connectivity index is 2.35. The molecule has 0 radical (unpaired) electrons. The highest BCUT2D eigenvalue weighted by atomic mass is 15.2. The SMILES string of the molecule is CCC1CCCN1c1cc(C#N)ccc1N. The van der Waals surface area contributed by atoms with Crippen molar-refractivity contribution in [2.75, 3.05) is 17.2 Å². The van der Waals surface area contributed by atoms with Crippen LogP contribution in [0.2, 0.25) is 0 Å². The first-order chi connectivity index (χ1) is 7.76. The van der Waals surface area contributed by atoms with Crippen molar-refractivity contribution >= 4 is 11.4 Å². The summed E-state index contributed by atoms with van der Waals surface area (Å²) in [5.74, 6) is 0. The predicted octanol–water partition coefficient (Wildman–Crippen LogP) is 2.52. The Bertz CT molecular complexity index is 420. The molecule has 1 aliphatic rings. The van der Waals surface area contributed by atoms with Gasteiger partial charge in [-0.05, 0) is 37.5 Å². The standard InChI is InChI=1S/C13H17N3/c1-2-11-4-3-7-16(11)13-8-10(9-14)5-6-12(13)15/h5-6,8,11H,2-4,7,15H2,1H3. The van der Waals surface area contributed by atoms with E-state index in [1.54, 1.807) is 6.07 Å². The molecule has 1 heterocycles. The number of anilines is 2. The first kappa shape index (κ1) is 10.8. The molecule has 84 valence electrons. The van der Waals surface area contributed by atoms with Crippen LogP contribution in [0, 0.1) is 11.3 Å². The molecular weight excluding hydrogens is 198 g/mol. The summed E-state index contributed by atoms with van der Waals surface area (Å²) in [6.07, 6.45) is 3.58. The number of rotatable bonds is 2. The van der Waals surface area contributed by atoms with E-state index >= 15 is 0 Å². The Labute approximate surface area is 96.5 Å². The van der Waals surface area contributed by atoms with Crippen molar-refractivity contribution in [3.63, 3.8) is 0 Å². The third-order valence-corrected chi connectivity index (χ3v) is 3.32. The van der Waals surface area contributed by atoms with Crippen LogP contribution in [-0.2, 0) is 0 Å². The summed E-state index contributed by atoms with van der Waals surface area (Å²) in [7, 11) is 0. The van der Waals surface area contributed by atoms with Crippen molar-refractivity contribution in [3.05, 3.63) is 23.8 Å². The van der Waals surface area contributed by atoms with Gasteiger partial charge < -0.3 is 10.6 Å². The highest BCUT2D eigenvalue weighted by Crippen LogP contribution is 2.32. The summed E-state index contributed by atoms with van der Waals surface area (Å²) in [5.41, 5.74) is 8.48. The monoisotopic (exact) mass is 215 g/mol. The van der Waals surface area contributed by atoms with E-state index in [-0.39, 0.29) is 0 Å². The lowest BCUT2D eigenvalue weighted by Crippen LogP contribution is -2.29. The number of hydrogen-bond acceptors (Lipinski definition) is 3. The van der Waals surface area contributed by atoms with Crippen molar-refractivity contribution in [1.82, 2.24) is 0 Å². The molecule has 0 aromatic heterocycles. The van der Waals surface area contributed by atoms with Crippen molar-refractivity contribution in [2.24, 2.45) is 0 Å². The van der Waals surface area contributed by atoms with Gasteiger partial charge in [-0.15, -0.1) is 0 Å². The molecule has 1 atom stereocenters. The second kappa shape index (κ2) is 4.44. The molecule has 2 rings (SSSR count). The van der Waals surface area contributed by atoms with Gasteiger partial charge in [-0.2, -0.15) is 5.26 Å². The molecule has 0 amide bonds. The van der Waals surface area contributed by atoms with Crippen LogP contribution in [-0.4, -0.2) is 12.6 Å². The Morgan fingerprint density at radius 2 is 2.38 bits per heavy atom. The first-order valence-corrected chi connectivity index (χ1v) is 5.82. The largest absolute Gasteiger partial charge is 0.397 e. The number of nitrogens with zero attached hydrogens (tertiary/aromatic N) is 2. The third kappa shape index (κ3) is 1.83. The van der Waals surface area contributed by atoms with Crippen LogP contribution in [0.25, 0.3) is 0 Å². The van der Waals surface area contributed by atoms with Gasteiger partial charge in [-0.1, -0.05) is 6.92 Å². The zero-order valence-corrected chi connectivity index (χ0v) is 9.61. The Morgan fingerprint density at radius 1 is 1.56 bits per heavy atom.